The second-order valence-electron chi connectivity index (χ2n) is 5.18. The maximum absolute atomic E-state index is 12.1. The number of carbonyl (C=O) groups excluding carboxylic acids is 1. The van der Waals surface area contributed by atoms with Gasteiger partial charge in [-0.3, -0.25) is 4.90 Å². The molecule has 2 aromatic carbocycles. The fourth-order valence-corrected chi connectivity index (χ4v) is 2.81. The predicted octanol–water partition coefficient (Wildman–Crippen LogP) is 2.67. The van der Waals surface area contributed by atoms with Crippen molar-refractivity contribution in [1.82, 2.24) is 4.90 Å². The molecular formula is C17H14N4O2. The molecule has 0 amide bonds. The van der Waals surface area contributed by atoms with E-state index in [-0.39, 0.29) is 12.0 Å². The SMILES string of the molecule is COC(=O)C1=NN(c2ccccc2)C2c3ccccc3N=CN12. The number of methoxy groups -OCH3 is 1. The smallest absolute Gasteiger partial charge is 0.376 e. The van der Waals surface area contributed by atoms with E-state index in [9.17, 15) is 4.79 Å². The van der Waals surface area contributed by atoms with Crippen molar-refractivity contribution < 1.29 is 9.53 Å². The Morgan fingerprint density at radius 3 is 2.61 bits per heavy atom. The summed E-state index contributed by atoms with van der Waals surface area (Å²) in [4.78, 5) is 18.2. The quantitative estimate of drug-likeness (QED) is 0.800. The van der Waals surface area contributed by atoms with Crippen molar-refractivity contribution in [2.24, 2.45) is 10.1 Å². The van der Waals surface area contributed by atoms with Crippen molar-refractivity contribution in [2.75, 3.05) is 12.1 Å². The third-order valence-corrected chi connectivity index (χ3v) is 3.87. The van der Waals surface area contributed by atoms with Gasteiger partial charge in [-0.15, -0.1) is 5.10 Å². The summed E-state index contributed by atoms with van der Waals surface area (Å²) in [5, 5.41) is 6.30. The molecule has 0 radical (unpaired) electrons. The number of ether oxygens (including phenoxy) is 1. The standard InChI is InChI=1S/C17H14N4O2/c1-23-17(22)15-19-21(12-7-3-2-4-8-12)16-13-9-5-6-10-14(13)18-11-20(15)16/h2-11,16H,1H3. The Morgan fingerprint density at radius 1 is 1.09 bits per heavy atom. The number of hydrogen-bond donors (Lipinski definition) is 0. The zero-order valence-corrected chi connectivity index (χ0v) is 12.5. The van der Waals surface area contributed by atoms with E-state index in [0.29, 0.717) is 0 Å². The summed E-state index contributed by atoms with van der Waals surface area (Å²) in [5.74, 6) is -0.265. The topological polar surface area (TPSA) is 57.5 Å². The first kappa shape index (κ1) is 13.5. The third kappa shape index (κ3) is 2.07. The second kappa shape index (κ2) is 5.24. The average molecular weight is 306 g/mol. The summed E-state index contributed by atoms with van der Waals surface area (Å²) < 4.78 is 4.86. The number of hydrogen-bond acceptors (Lipinski definition) is 6. The highest BCUT2D eigenvalue weighted by Crippen LogP contribution is 2.41. The number of carbonyl (C=O) groups is 1. The first-order valence-electron chi connectivity index (χ1n) is 7.22. The van der Waals surface area contributed by atoms with Crippen LogP contribution in [-0.2, 0) is 9.53 Å². The van der Waals surface area contributed by atoms with Crippen LogP contribution in [0.1, 0.15) is 11.7 Å². The third-order valence-electron chi connectivity index (χ3n) is 3.87. The predicted molar refractivity (Wildman–Crippen MR) is 87.5 cm³/mol. The molecule has 0 saturated carbocycles. The molecular weight excluding hydrogens is 292 g/mol. The number of aliphatic imine (C=N–C) groups is 1. The minimum Gasteiger partial charge on any atom is -0.463 e. The van der Waals surface area contributed by atoms with Gasteiger partial charge in [0.1, 0.15) is 0 Å². The second-order valence-corrected chi connectivity index (χ2v) is 5.18. The van der Waals surface area contributed by atoms with Crippen LogP contribution >= 0.6 is 0 Å². The molecule has 2 aliphatic heterocycles. The lowest BCUT2D eigenvalue weighted by Gasteiger charge is -2.32. The van der Waals surface area contributed by atoms with Gasteiger partial charge in [0.15, 0.2) is 6.17 Å². The number of esters is 1. The van der Waals surface area contributed by atoms with Crippen molar-refractivity contribution in [1.29, 1.82) is 0 Å². The van der Waals surface area contributed by atoms with Crippen molar-refractivity contribution in [3.8, 4) is 0 Å². The normalized spacial score (nSPS) is 18.3. The Balaban J connectivity index is 1.86. The number of anilines is 1. The first-order chi connectivity index (χ1) is 11.3. The molecule has 6 heteroatoms. The minimum atomic E-state index is -0.487. The fourth-order valence-electron chi connectivity index (χ4n) is 2.81. The van der Waals surface area contributed by atoms with E-state index in [2.05, 4.69) is 10.1 Å². The molecule has 2 heterocycles. The van der Waals surface area contributed by atoms with Crippen LogP contribution in [-0.4, -0.2) is 30.2 Å². The Labute approximate surface area is 133 Å². The van der Waals surface area contributed by atoms with E-state index in [1.54, 1.807) is 11.2 Å². The molecule has 2 aromatic rings. The molecule has 1 unspecified atom stereocenters. The Bertz CT molecular complexity index is 816. The van der Waals surface area contributed by atoms with Gasteiger partial charge in [0.05, 0.1) is 24.8 Å². The maximum atomic E-state index is 12.1. The number of hydrazone groups is 1. The van der Waals surface area contributed by atoms with Gasteiger partial charge in [0, 0.05) is 5.56 Å². The Kier molecular flexibility index (Phi) is 3.08. The molecule has 0 saturated heterocycles. The number of fused-ring (bicyclic) bond motifs is 3. The highest BCUT2D eigenvalue weighted by atomic mass is 16.5. The minimum absolute atomic E-state index is 0.222. The van der Waals surface area contributed by atoms with Crippen LogP contribution in [0.15, 0.2) is 64.7 Å². The number of benzene rings is 2. The van der Waals surface area contributed by atoms with Gasteiger partial charge in [-0.2, -0.15) is 0 Å². The summed E-state index contributed by atoms with van der Waals surface area (Å²) in [5.41, 5.74) is 2.75. The molecule has 4 rings (SSSR count). The van der Waals surface area contributed by atoms with E-state index >= 15 is 0 Å². The lowest BCUT2D eigenvalue weighted by molar-refractivity contribution is -0.133. The van der Waals surface area contributed by atoms with Crippen LogP contribution in [0.25, 0.3) is 0 Å². The summed E-state index contributed by atoms with van der Waals surface area (Å²) in [7, 11) is 1.35. The van der Waals surface area contributed by atoms with Gasteiger partial charge in [-0.1, -0.05) is 36.4 Å². The molecule has 0 aromatic heterocycles. The van der Waals surface area contributed by atoms with Crippen LogP contribution in [0.5, 0.6) is 0 Å². The number of para-hydroxylation sites is 2. The zero-order chi connectivity index (χ0) is 15.8. The highest BCUT2D eigenvalue weighted by Gasteiger charge is 2.41. The van der Waals surface area contributed by atoms with Crippen LogP contribution < -0.4 is 5.01 Å². The number of rotatable bonds is 2. The highest BCUT2D eigenvalue weighted by molar-refractivity contribution is 6.38. The van der Waals surface area contributed by atoms with E-state index in [0.717, 1.165) is 16.9 Å². The van der Waals surface area contributed by atoms with Crippen molar-refractivity contribution in [2.45, 2.75) is 6.17 Å². The Morgan fingerprint density at radius 2 is 1.83 bits per heavy atom. The van der Waals surface area contributed by atoms with Gasteiger partial charge < -0.3 is 4.74 Å². The molecule has 1 atom stereocenters. The van der Waals surface area contributed by atoms with E-state index in [4.69, 9.17) is 4.74 Å². The van der Waals surface area contributed by atoms with E-state index < -0.39 is 5.97 Å². The van der Waals surface area contributed by atoms with E-state index in [1.165, 1.54) is 7.11 Å². The zero-order valence-electron chi connectivity index (χ0n) is 12.5. The fraction of sp³-hybridized carbons (Fsp3) is 0.118. The first-order valence-corrected chi connectivity index (χ1v) is 7.22. The van der Waals surface area contributed by atoms with Gasteiger partial charge in [0.25, 0.3) is 0 Å². The average Bonchev–Trinajstić information content (AvgIpc) is 3.02. The van der Waals surface area contributed by atoms with Crippen molar-refractivity contribution in [3.05, 3.63) is 60.2 Å². The summed E-state index contributed by atoms with van der Waals surface area (Å²) in [6.45, 7) is 0. The lowest BCUT2D eigenvalue weighted by Crippen LogP contribution is -2.39. The molecule has 114 valence electrons. The molecule has 2 aliphatic rings. The molecule has 0 bridgehead atoms. The van der Waals surface area contributed by atoms with Gasteiger partial charge in [0.2, 0.25) is 5.84 Å². The monoisotopic (exact) mass is 306 g/mol. The molecule has 23 heavy (non-hydrogen) atoms. The molecule has 0 spiro atoms. The van der Waals surface area contributed by atoms with Crippen LogP contribution in [0, 0.1) is 0 Å². The summed E-state index contributed by atoms with van der Waals surface area (Å²) in [6, 6.07) is 17.6. The molecule has 6 nitrogen and oxygen atoms in total. The van der Waals surface area contributed by atoms with Crippen LogP contribution in [0.3, 0.4) is 0 Å². The van der Waals surface area contributed by atoms with E-state index in [1.807, 2.05) is 59.6 Å². The van der Waals surface area contributed by atoms with Crippen molar-refractivity contribution in [3.63, 3.8) is 0 Å². The molecule has 0 N–H and O–H groups in total. The van der Waals surface area contributed by atoms with Gasteiger partial charge in [-0.25, -0.2) is 14.8 Å². The summed E-state index contributed by atoms with van der Waals surface area (Å²) in [6.07, 6.45) is 1.38. The lowest BCUT2D eigenvalue weighted by atomic mass is 10.1. The van der Waals surface area contributed by atoms with Gasteiger partial charge in [-0.05, 0) is 18.2 Å². The van der Waals surface area contributed by atoms with Crippen LogP contribution in [0.2, 0.25) is 0 Å². The largest absolute Gasteiger partial charge is 0.463 e. The number of nitrogens with zero attached hydrogens (tertiary/aromatic N) is 4. The maximum Gasteiger partial charge on any atom is 0.376 e. The number of amidine groups is 1. The summed E-state index contributed by atoms with van der Waals surface area (Å²) >= 11 is 0. The van der Waals surface area contributed by atoms with Crippen LogP contribution in [0.4, 0.5) is 11.4 Å². The molecule has 0 fully saturated rings. The Hall–Kier alpha value is -3.15. The van der Waals surface area contributed by atoms with Gasteiger partial charge >= 0.3 is 5.97 Å². The molecule has 0 aliphatic carbocycles. The van der Waals surface area contributed by atoms with Crippen molar-refractivity contribution >= 4 is 29.5 Å².